The highest BCUT2D eigenvalue weighted by Crippen LogP contribution is 2.19. The molecule has 0 spiro atoms. The lowest BCUT2D eigenvalue weighted by molar-refractivity contribution is 0.187. The second-order valence-corrected chi connectivity index (χ2v) is 4.04. The Balaban J connectivity index is 2.47. The molecule has 0 unspecified atom stereocenters. The van der Waals surface area contributed by atoms with E-state index in [1.807, 2.05) is 0 Å². The van der Waals surface area contributed by atoms with E-state index in [-0.39, 0.29) is 0 Å². The van der Waals surface area contributed by atoms with Crippen molar-refractivity contribution in [1.82, 2.24) is 14.8 Å². The molecule has 7 heteroatoms. The van der Waals surface area contributed by atoms with E-state index < -0.39 is 11.6 Å². The van der Waals surface area contributed by atoms with Crippen molar-refractivity contribution in [2.75, 3.05) is 13.7 Å². The van der Waals surface area contributed by atoms with Crippen LogP contribution in [0.1, 0.15) is 0 Å². The molecule has 0 radical (unpaired) electrons. The summed E-state index contributed by atoms with van der Waals surface area (Å²) in [5.41, 5.74) is 0.330. The molecule has 4 nitrogen and oxygen atoms in total. The van der Waals surface area contributed by atoms with Crippen molar-refractivity contribution >= 4 is 12.2 Å². The van der Waals surface area contributed by atoms with Crippen molar-refractivity contribution in [3.05, 3.63) is 34.6 Å². The highest BCUT2D eigenvalue weighted by Gasteiger charge is 2.11. The summed E-state index contributed by atoms with van der Waals surface area (Å²) in [4.78, 5) is 0. The molecule has 18 heavy (non-hydrogen) atoms. The molecule has 0 bridgehead atoms. The summed E-state index contributed by atoms with van der Waals surface area (Å²) < 4.78 is 33.3. The number of ether oxygens (including phenoxy) is 1. The van der Waals surface area contributed by atoms with E-state index in [0.29, 0.717) is 29.3 Å². The predicted molar refractivity (Wildman–Crippen MR) is 64.6 cm³/mol. The third kappa shape index (κ3) is 2.62. The van der Waals surface area contributed by atoms with E-state index >= 15 is 0 Å². The highest BCUT2D eigenvalue weighted by atomic mass is 32.1. The van der Waals surface area contributed by atoms with Crippen LogP contribution in [0.2, 0.25) is 0 Å². The van der Waals surface area contributed by atoms with E-state index in [2.05, 4.69) is 10.2 Å². The lowest BCUT2D eigenvalue weighted by Gasteiger charge is -2.06. The van der Waals surface area contributed by atoms with Gasteiger partial charge in [0.05, 0.1) is 13.2 Å². The van der Waals surface area contributed by atoms with Gasteiger partial charge in [0.1, 0.15) is 11.6 Å². The summed E-state index contributed by atoms with van der Waals surface area (Å²) in [7, 11) is 1.56. The molecule has 1 N–H and O–H groups in total. The zero-order valence-corrected chi connectivity index (χ0v) is 10.4. The Morgan fingerprint density at radius 3 is 2.61 bits per heavy atom. The second kappa shape index (κ2) is 5.36. The number of nitrogens with one attached hydrogen (secondary N) is 1. The van der Waals surface area contributed by atoms with Gasteiger partial charge >= 0.3 is 0 Å². The van der Waals surface area contributed by atoms with Gasteiger partial charge in [-0.2, -0.15) is 5.10 Å². The molecule has 1 heterocycles. The van der Waals surface area contributed by atoms with E-state index in [0.717, 1.165) is 6.07 Å². The van der Waals surface area contributed by atoms with Crippen LogP contribution in [0.15, 0.2) is 18.2 Å². The van der Waals surface area contributed by atoms with E-state index in [4.69, 9.17) is 17.0 Å². The van der Waals surface area contributed by atoms with Gasteiger partial charge in [-0.05, 0) is 24.4 Å². The fourth-order valence-electron chi connectivity index (χ4n) is 1.61. The molecular weight excluding hydrogens is 260 g/mol. The number of H-pyrrole nitrogens is 1. The Labute approximate surface area is 107 Å². The highest BCUT2D eigenvalue weighted by molar-refractivity contribution is 7.71. The third-order valence-corrected chi connectivity index (χ3v) is 2.71. The number of hydrogen-bond donors (Lipinski definition) is 1. The molecule has 2 rings (SSSR count). The number of hydrogen-bond acceptors (Lipinski definition) is 3. The summed E-state index contributed by atoms with van der Waals surface area (Å²) in [6.45, 7) is 0.887. The van der Waals surface area contributed by atoms with Gasteiger partial charge in [-0.3, -0.25) is 9.67 Å². The predicted octanol–water partition coefficient (Wildman–Crippen LogP) is 2.53. The van der Waals surface area contributed by atoms with Gasteiger partial charge in [0, 0.05) is 18.7 Å². The number of nitrogens with zero attached hydrogens (tertiary/aromatic N) is 2. The van der Waals surface area contributed by atoms with Gasteiger partial charge in [0.25, 0.3) is 0 Å². The van der Waals surface area contributed by atoms with Crippen molar-refractivity contribution in [3.63, 3.8) is 0 Å². The van der Waals surface area contributed by atoms with Gasteiger partial charge in [-0.1, -0.05) is 0 Å². The smallest absolute Gasteiger partial charge is 0.195 e. The van der Waals surface area contributed by atoms with E-state index in [9.17, 15) is 8.78 Å². The standard InChI is InChI=1S/C11H11F2N3OS/c1-17-3-2-16-10(14-15-11(16)18)7-4-8(12)6-9(13)5-7/h4-6H,2-3H2,1H3,(H,15,18). The number of aromatic amines is 1. The van der Waals surface area contributed by atoms with Crippen molar-refractivity contribution in [1.29, 1.82) is 0 Å². The van der Waals surface area contributed by atoms with Crippen LogP contribution in [0.3, 0.4) is 0 Å². The van der Waals surface area contributed by atoms with Gasteiger partial charge in [-0.25, -0.2) is 8.78 Å². The molecule has 1 aromatic heterocycles. The van der Waals surface area contributed by atoms with Crippen LogP contribution in [-0.2, 0) is 11.3 Å². The monoisotopic (exact) mass is 271 g/mol. The summed E-state index contributed by atoms with van der Waals surface area (Å²) in [5, 5.41) is 6.58. The lowest BCUT2D eigenvalue weighted by Crippen LogP contribution is -2.06. The Hall–Kier alpha value is -1.60. The summed E-state index contributed by atoms with van der Waals surface area (Å²) in [6, 6.07) is 3.22. The van der Waals surface area contributed by atoms with Gasteiger partial charge in [0.2, 0.25) is 0 Å². The number of methoxy groups -OCH3 is 1. The van der Waals surface area contributed by atoms with Crippen molar-refractivity contribution in [3.8, 4) is 11.4 Å². The molecule has 1 aromatic carbocycles. The molecule has 0 saturated carbocycles. The Morgan fingerprint density at radius 1 is 1.33 bits per heavy atom. The van der Waals surface area contributed by atoms with Gasteiger partial charge < -0.3 is 4.74 Å². The van der Waals surface area contributed by atoms with Crippen molar-refractivity contribution in [2.45, 2.75) is 6.54 Å². The molecule has 0 saturated heterocycles. The minimum atomic E-state index is -0.655. The Kier molecular flexibility index (Phi) is 3.83. The Bertz CT molecular complexity index is 588. The quantitative estimate of drug-likeness (QED) is 0.869. The van der Waals surface area contributed by atoms with Crippen LogP contribution in [0, 0.1) is 16.4 Å². The maximum Gasteiger partial charge on any atom is 0.195 e. The zero-order valence-electron chi connectivity index (χ0n) is 9.61. The number of halogens is 2. The molecule has 0 amide bonds. The first kappa shape index (κ1) is 12.8. The average Bonchev–Trinajstić information content (AvgIpc) is 2.67. The maximum atomic E-state index is 13.2. The number of benzene rings is 1. The SMILES string of the molecule is COCCn1c(-c2cc(F)cc(F)c2)n[nH]c1=S. The van der Waals surface area contributed by atoms with E-state index in [1.54, 1.807) is 11.7 Å². The molecular formula is C11H11F2N3OS. The second-order valence-electron chi connectivity index (χ2n) is 3.65. The topological polar surface area (TPSA) is 42.8 Å². The maximum absolute atomic E-state index is 13.2. The fourth-order valence-corrected chi connectivity index (χ4v) is 1.83. The first-order valence-electron chi connectivity index (χ1n) is 5.22. The van der Waals surface area contributed by atoms with Crippen LogP contribution in [-0.4, -0.2) is 28.5 Å². The van der Waals surface area contributed by atoms with E-state index in [1.165, 1.54) is 12.1 Å². The van der Waals surface area contributed by atoms with Crippen LogP contribution >= 0.6 is 12.2 Å². The molecule has 0 aliphatic heterocycles. The molecule has 0 aliphatic rings. The molecule has 2 aromatic rings. The molecule has 0 aliphatic carbocycles. The van der Waals surface area contributed by atoms with Crippen molar-refractivity contribution < 1.29 is 13.5 Å². The Morgan fingerprint density at radius 2 is 2.00 bits per heavy atom. The largest absolute Gasteiger partial charge is 0.383 e. The summed E-state index contributed by atoms with van der Waals surface area (Å²) >= 11 is 5.05. The normalized spacial score (nSPS) is 10.8. The van der Waals surface area contributed by atoms with Crippen LogP contribution in [0.25, 0.3) is 11.4 Å². The minimum absolute atomic E-state index is 0.330. The fraction of sp³-hybridized carbons (Fsp3) is 0.273. The lowest BCUT2D eigenvalue weighted by atomic mass is 10.2. The van der Waals surface area contributed by atoms with Crippen molar-refractivity contribution in [2.24, 2.45) is 0 Å². The van der Waals surface area contributed by atoms with Crippen LogP contribution in [0.4, 0.5) is 8.78 Å². The van der Waals surface area contributed by atoms with Gasteiger partial charge in [0.15, 0.2) is 10.6 Å². The molecule has 0 atom stereocenters. The molecule has 0 fully saturated rings. The summed E-state index contributed by atoms with van der Waals surface area (Å²) in [6.07, 6.45) is 0. The van der Waals surface area contributed by atoms with Crippen LogP contribution in [0.5, 0.6) is 0 Å². The molecule has 96 valence electrons. The number of rotatable bonds is 4. The first-order chi connectivity index (χ1) is 8.61. The summed E-state index contributed by atoms with van der Waals surface area (Å²) in [5.74, 6) is -0.926. The third-order valence-electron chi connectivity index (χ3n) is 2.40. The number of aromatic nitrogens is 3. The first-order valence-corrected chi connectivity index (χ1v) is 5.63. The van der Waals surface area contributed by atoms with Gasteiger partial charge in [-0.15, -0.1) is 0 Å². The zero-order chi connectivity index (χ0) is 13.1. The minimum Gasteiger partial charge on any atom is -0.383 e. The van der Waals surface area contributed by atoms with Crippen LogP contribution < -0.4 is 0 Å². The average molecular weight is 271 g/mol.